The number of hydrogen-bond acceptors (Lipinski definition) is 4. The zero-order chi connectivity index (χ0) is 20.5. The van der Waals surface area contributed by atoms with Crippen molar-refractivity contribution >= 4 is 44.8 Å². The van der Waals surface area contributed by atoms with Gasteiger partial charge in [-0.15, -0.1) is 0 Å². The standard InChI is InChI=1S/C17H14Cl2F2N2O4S/c18-12-9-13(19)16(28(25,26)23-3-5-27-6-4-23)8-11(12)17(24)22-15-7-10(20)1-2-14(15)21/h1-2,7-9H,3-6H2,(H,22,24). The number of benzene rings is 2. The molecule has 3 rings (SSSR count). The van der Waals surface area contributed by atoms with E-state index < -0.39 is 33.3 Å². The fourth-order valence-corrected chi connectivity index (χ4v) is 4.85. The fraction of sp³-hybridized carbons (Fsp3) is 0.235. The summed E-state index contributed by atoms with van der Waals surface area (Å²) in [6.45, 7) is 0.738. The minimum absolute atomic E-state index is 0.136. The van der Waals surface area contributed by atoms with Crippen molar-refractivity contribution in [1.29, 1.82) is 0 Å². The molecule has 0 radical (unpaired) electrons. The number of ether oxygens (including phenoxy) is 1. The van der Waals surface area contributed by atoms with Crippen LogP contribution in [0.1, 0.15) is 10.4 Å². The molecule has 0 aromatic heterocycles. The van der Waals surface area contributed by atoms with E-state index >= 15 is 0 Å². The molecule has 0 saturated carbocycles. The van der Waals surface area contributed by atoms with Crippen molar-refractivity contribution in [3.05, 3.63) is 57.6 Å². The molecule has 11 heteroatoms. The summed E-state index contributed by atoms with van der Waals surface area (Å²) in [6.07, 6.45) is 0. The lowest BCUT2D eigenvalue weighted by atomic mass is 10.2. The highest BCUT2D eigenvalue weighted by atomic mass is 35.5. The SMILES string of the molecule is O=C(Nc1cc(F)ccc1F)c1cc(S(=O)(=O)N2CCOCC2)c(Cl)cc1Cl. The van der Waals surface area contributed by atoms with E-state index in [1.807, 2.05) is 0 Å². The van der Waals surface area contributed by atoms with Crippen molar-refractivity contribution in [1.82, 2.24) is 4.31 Å². The summed E-state index contributed by atoms with van der Waals surface area (Å²) in [6, 6.07) is 4.67. The van der Waals surface area contributed by atoms with Crippen molar-refractivity contribution in [3.8, 4) is 0 Å². The first kappa shape index (κ1) is 20.9. The largest absolute Gasteiger partial charge is 0.379 e. The van der Waals surface area contributed by atoms with Gasteiger partial charge in [-0.25, -0.2) is 17.2 Å². The van der Waals surface area contributed by atoms with E-state index in [0.717, 1.165) is 30.3 Å². The van der Waals surface area contributed by atoms with Crippen LogP contribution in [0.2, 0.25) is 10.0 Å². The molecular weight excluding hydrogens is 437 g/mol. The van der Waals surface area contributed by atoms with E-state index in [-0.39, 0.29) is 46.8 Å². The van der Waals surface area contributed by atoms with Gasteiger partial charge in [0.2, 0.25) is 10.0 Å². The van der Waals surface area contributed by atoms with Gasteiger partial charge in [-0.05, 0) is 24.3 Å². The number of carbonyl (C=O) groups is 1. The van der Waals surface area contributed by atoms with Crippen LogP contribution in [-0.2, 0) is 14.8 Å². The van der Waals surface area contributed by atoms with Crippen LogP contribution in [0, 0.1) is 11.6 Å². The molecule has 28 heavy (non-hydrogen) atoms. The minimum Gasteiger partial charge on any atom is -0.379 e. The number of anilines is 1. The highest BCUT2D eigenvalue weighted by Crippen LogP contribution is 2.31. The molecule has 0 aliphatic carbocycles. The van der Waals surface area contributed by atoms with Gasteiger partial charge in [0.15, 0.2) is 0 Å². The predicted molar refractivity (Wildman–Crippen MR) is 100 cm³/mol. The molecule has 1 aliphatic rings. The maximum atomic E-state index is 13.8. The Bertz CT molecular complexity index is 1030. The Morgan fingerprint density at radius 1 is 1.07 bits per heavy atom. The van der Waals surface area contributed by atoms with Gasteiger partial charge < -0.3 is 10.1 Å². The van der Waals surface area contributed by atoms with Crippen molar-refractivity contribution in [2.75, 3.05) is 31.6 Å². The van der Waals surface area contributed by atoms with Crippen LogP contribution in [0.15, 0.2) is 35.2 Å². The number of carbonyl (C=O) groups excluding carboxylic acids is 1. The Kier molecular flexibility index (Phi) is 6.21. The number of rotatable bonds is 4. The quantitative estimate of drug-likeness (QED) is 0.772. The lowest BCUT2D eigenvalue weighted by Crippen LogP contribution is -2.40. The van der Waals surface area contributed by atoms with Crippen LogP contribution in [0.4, 0.5) is 14.5 Å². The number of nitrogens with zero attached hydrogens (tertiary/aromatic N) is 1. The molecule has 1 fully saturated rings. The van der Waals surface area contributed by atoms with Crippen molar-refractivity contribution < 1.29 is 26.7 Å². The highest BCUT2D eigenvalue weighted by Gasteiger charge is 2.30. The van der Waals surface area contributed by atoms with Crippen LogP contribution in [0.25, 0.3) is 0 Å². The lowest BCUT2D eigenvalue weighted by Gasteiger charge is -2.26. The lowest BCUT2D eigenvalue weighted by molar-refractivity contribution is 0.0730. The summed E-state index contributed by atoms with van der Waals surface area (Å²) in [5, 5.41) is 1.88. The molecule has 2 aromatic carbocycles. The Hall–Kier alpha value is -1.78. The second-order valence-electron chi connectivity index (χ2n) is 5.86. The number of hydrogen-bond donors (Lipinski definition) is 1. The van der Waals surface area contributed by atoms with Crippen LogP contribution in [0.5, 0.6) is 0 Å². The molecule has 0 bridgehead atoms. The van der Waals surface area contributed by atoms with Gasteiger partial charge in [0.1, 0.15) is 16.5 Å². The van der Waals surface area contributed by atoms with Crippen LogP contribution in [0.3, 0.4) is 0 Å². The van der Waals surface area contributed by atoms with E-state index in [1.165, 1.54) is 4.31 Å². The Morgan fingerprint density at radius 3 is 2.43 bits per heavy atom. The molecule has 6 nitrogen and oxygen atoms in total. The van der Waals surface area contributed by atoms with Gasteiger partial charge in [-0.1, -0.05) is 23.2 Å². The first-order valence-corrected chi connectivity index (χ1v) is 10.2. The monoisotopic (exact) mass is 450 g/mol. The zero-order valence-electron chi connectivity index (χ0n) is 14.2. The third-order valence-electron chi connectivity index (χ3n) is 4.03. The fourth-order valence-electron chi connectivity index (χ4n) is 2.61. The van der Waals surface area contributed by atoms with Crippen molar-refractivity contribution in [3.63, 3.8) is 0 Å². The maximum Gasteiger partial charge on any atom is 0.257 e. The second-order valence-corrected chi connectivity index (χ2v) is 8.58. The van der Waals surface area contributed by atoms with Gasteiger partial charge in [0, 0.05) is 19.2 Å². The minimum atomic E-state index is -4.00. The molecular formula is C17H14Cl2F2N2O4S. The topological polar surface area (TPSA) is 75.7 Å². The molecule has 0 atom stereocenters. The van der Waals surface area contributed by atoms with Gasteiger partial charge in [-0.2, -0.15) is 4.31 Å². The van der Waals surface area contributed by atoms with Crippen LogP contribution < -0.4 is 5.32 Å². The second kappa shape index (κ2) is 8.30. The predicted octanol–water partition coefficient (Wildman–Crippen LogP) is 3.54. The third kappa shape index (κ3) is 4.28. The van der Waals surface area contributed by atoms with E-state index in [1.54, 1.807) is 0 Å². The molecule has 1 aliphatic heterocycles. The number of halogens is 4. The summed E-state index contributed by atoms with van der Waals surface area (Å²) in [5.41, 5.74) is -0.657. The summed E-state index contributed by atoms with van der Waals surface area (Å²) >= 11 is 12.1. The Labute approximate surface area is 170 Å². The van der Waals surface area contributed by atoms with E-state index in [4.69, 9.17) is 27.9 Å². The molecule has 1 N–H and O–H groups in total. The number of sulfonamides is 1. The summed E-state index contributed by atoms with van der Waals surface area (Å²) in [4.78, 5) is 12.2. The van der Waals surface area contributed by atoms with Gasteiger partial charge in [0.05, 0.1) is 34.5 Å². The van der Waals surface area contributed by atoms with Crippen molar-refractivity contribution in [2.24, 2.45) is 0 Å². The number of morpholine rings is 1. The van der Waals surface area contributed by atoms with Gasteiger partial charge in [-0.3, -0.25) is 4.79 Å². The number of amides is 1. The molecule has 1 saturated heterocycles. The Morgan fingerprint density at radius 2 is 1.75 bits per heavy atom. The zero-order valence-corrected chi connectivity index (χ0v) is 16.5. The molecule has 0 unspecified atom stereocenters. The normalized spacial score (nSPS) is 15.4. The van der Waals surface area contributed by atoms with Crippen molar-refractivity contribution in [2.45, 2.75) is 4.90 Å². The van der Waals surface area contributed by atoms with E-state index in [0.29, 0.717) is 0 Å². The summed E-state index contributed by atoms with van der Waals surface area (Å²) < 4.78 is 59.1. The summed E-state index contributed by atoms with van der Waals surface area (Å²) in [5.74, 6) is -2.53. The highest BCUT2D eigenvalue weighted by molar-refractivity contribution is 7.89. The molecule has 150 valence electrons. The van der Waals surface area contributed by atoms with E-state index in [9.17, 15) is 22.0 Å². The number of nitrogens with one attached hydrogen (secondary N) is 1. The average molecular weight is 451 g/mol. The molecule has 0 spiro atoms. The first-order chi connectivity index (χ1) is 13.2. The first-order valence-electron chi connectivity index (χ1n) is 8.03. The van der Waals surface area contributed by atoms with Crippen LogP contribution in [-0.4, -0.2) is 44.9 Å². The van der Waals surface area contributed by atoms with Crippen LogP contribution >= 0.6 is 23.2 Å². The maximum absolute atomic E-state index is 13.8. The molecule has 1 amide bonds. The third-order valence-corrected chi connectivity index (χ3v) is 6.71. The van der Waals surface area contributed by atoms with Gasteiger partial charge >= 0.3 is 0 Å². The Balaban J connectivity index is 1.97. The molecule has 1 heterocycles. The van der Waals surface area contributed by atoms with E-state index in [2.05, 4.69) is 5.32 Å². The van der Waals surface area contributed by atoms with Gasteiger partial charge in [0.25, 0.3) is 5.91 Å². The summed E-state index contributed by atoms with van der Waals surface area (Å²) in [7, 11) is -4.00. The molecule has 2 aromatic rings. The smallest absolute Gasteiger partial charge is 0.257 e. The average Bonchev–Trinajstić information content (AvgIpc) is 2.65.